The predicted octanol–water partition coefficient (Wildman–Crippen LogP) is 7.45. The van der Waals surface area contributed by atoms with Gasteiger partial charge in [-0.25, -0.2) is 9.18 Å². The van der Waals surface area contributed by atoms with Gasteiger partial charge in [0, 0.05) is 12.0 Å². The summed E-state index contributed by atoms with van der Waals surface area (Å²) in [5.74, 6) is -0.758. The third-order valence-electron chi connectivity index (χ3n) is 6.92. The van der Waals surface area contributed by atoms with E-state index in [1.807, 2.05) is 30.3 Å². The fourth-order valence-corrected chi connectivity index (χ4v) is 7.47. The summed E-state index contributed by atoms with van der Waals surface area (Å²) in [6.45, 7) is 2.03. The van der Waals surface area contributed by atoms with Crippen molar-refractivity contribution in [2.24, 2.45) is 0 Å². The van der Waals surface area contributed by atoms with E-state index < -0.39 is 19.7 Å². The third kappa shape index (κ3) is 6.67. The van der Waals surface area contributed by atoms with Crippen molar-refractivity contribution in [3.8, 4) is 16.9 Å². The molecule has 0 bridgehead atoms. The lowest BCUT2D eigenvalue weighted by molar-refractivity contribution is -0.138. The van der Waals surface area contributed by atoms with Crippen LogP contribution in [0.4, 0.5) is 4.39 Å². The predicted molar refractivity (Wildman–Crippen MR) is 172 cm³/mol. The van der Waals surface area contributed by atoms with Crippen molar-refractivity contribution in [2.75, 3.05) is 13.7 Å². The molecule has 0 unspecified atom stereocenters. The first-order chi connectivity index (χ1) is 20.6. The zero-order valence-electron chi connectivity index (χ0n) is 23.7. The van der Waals surface area contributed by atoms with Crippen LogP contribution < -0.4 is 20.7 Å². The second-order valence-corrected chi connectivity index (χ2v) is 11.8. The SMILES string of the molecule is CCOC(=O)/C(=C/c1ccc(OC)c(F)c1)Cc1ccccc1-c1ccccc1P(c1ccccc1)c1ccccc1. The average Bonchev–Trinajstić information content (AvgIpc) is 3.03. The molecule has 0 spiro atoms. The van der Waals surface area contributed by atoms with E-state index >= 15 is 0 Å². The van der Waals surface area contributed by atoms with Crippen LogP contribution in [0, 0.1) is 5.82 Å². The molecule has 0 aliphatic heterocycles. The molecular formula is C37H32FO3P. The summed E-state index contributed by atoms with van der Waals surface area (Å²) in [5, 5.41) is 3.76. The minimum atomic E-state index is -0.849. The first kappa shape index (κ1) is 29.0. The van der Waals surface area contributed by atoms with Gasteiger partial charge >= 0.3 is 5.97 Å². The van der Waals surface area contributed by atoms with Crippen LogP contribution in [0.25, 0.3) is 17.2 Å². The van der Waals surface area contributed by atoms with Gasteiger partial charge in [0.05, 0.1) is 13.7 Å². The first-order valence-corrected chi connectivity index (χ1v) is 15.2. The number of ether oxygens (including phenoxy) is 2. The highest BCUT2D eigenvalue weighted by atomic mass is 31.1. The van der Waals surface area contributed by atoms with E-state index in [0.29, 0.717) is 17.6 Å². The molecule has 3 nitrogen and oxygen atoms in total. The Hall–Kier alpha value is -4.53. The Morgan fingerprint density at radius 1 is 0.762 bits per heavy atom. The van der Waals surface area contributed by atoms with Crippen molar-refractivity contribution in [3.63, 3.8) is 0 Å². The summed E-state index contributed by atoms with van der Waals surface area (Å²) in [4.78, 5) is 13.1. The van der Waals surface area contributed by atoms with Crippen LogP contribution in [0.1, 0.15) is 18.1 Å². The van der Waals surface area contributed by atoms with Crippen LogP contribution in [0.15, 0.2) is 133 Å². The Morgan fingerprint density at radius 2 is 1.36 bits per heavy atom. The van der Waals surface area contributed by atoms with Crippen molar-refractivity contribution < 1.29 is 18.7 Å². The molecule has 5 heteroatoms. The monoisotopic (exact) mass is 574 g/mol. The molecule has 0 heterocycles. The largest absolute Gasteiger partial charge is 0.494 e. The molecule has 0 radical (unpaired) electrons. The van der Waals surface area contributed by atoms with Gasteiger partial charge in [-0.2, -0.15) is 0 Å². The molecule has 5 rings (SSSR count). The van der Waals surface area contributed by atoms with Crippen molar-refractivity contribution in [2.45, 2.75) is 13.3 Å². The van der Waals surface area contributed by atoms with E-state index in [2.05, 4.69) is 78.9 Å². The summed E-state index contributed by atoms with van der Waals surface area (Å²) in [6.07, 6.45) is 2.02. The number of hydrogen-bond donors (Lipinski definition) is 0. The highest BCUT2D eigenvalue weighted by Gasteiger charge is 2.22. The summed E-state index contributed by atoms with van der Waals surface area (Å²) in [6, 6.07) is 42.5. The van der Waals surface area contributed by atoms with Crippen LogP contribution >= 0.6 is 7.92 Å². The molecule has 5 aromatic carbocycles. The van der Waals surface area contributed by atoms with Crippen LogP contribution in [0.2, 0.25) is 0 Å². The number of halogens is 1. The lowest BCUT2D eigenvalue weighted by Gasteiger charge is -2.23. The molecule has 0 fully saturated rings. The van der Waals surface area contributed by atoms with Gasteiger partial charge in [-0.3, -0.25) is 0 Å². The Morgan fingerprint density at radius 3 is 1.98 bits per heavy atom. The summed E-state index contributed by atoms with van der Waals surface area (Å²) >= 11 is 0. The average molecular weight is 575 g/mol. The quantitative estimate of drug-likeness (QED) is 0.0988. The third-order valence-corrected chi connectivity index (χ3v) is 9.42. The van der Waals surface area contributed by atoms with Crippen molar-refractivity contribution in [1.82, 2.24) is 0 Å². The Balaban J connectivity index is 1.61. The zero-order chi connectivity index (χ0) is 29.3. The lowest BCUT2D eigenvalue weighted by Crippen LogP contribution is -2.22. The normalized spacial score (nSPS) is 11.4. The minimum Gasteiger partial charge on any atom is -0.494 e. The standard InChI is InChI=1S/C37H32FO3P/c1-3-41-37(39)29(24-27-22-23-35(40-2)34(38)25-27)26-28-14-10-11-19-32(28)33-20-12-13-21-36(33)42(30-15-6-4-7-16-30)31-17-8-5-9-18-31/h4-25H,3,26H2,1-2H3/b29-24+. The van der Waals surface area contributed by atoms with E-state index in [1.54, 1.807) is 25.1 Å². The topological polar surface area (TPSA) is 35.5 Å². The Kier molecular flexibility index (Phi) is 9.59. The number of rotatable bonds is 10. The smallest absolute Gasteiger partial charge is 0.334 e. The van der Waals surface area contributed by atoms with Crippen molar-refractivity contribution in [3.05, 3.63) is 150 Å². The molecule has 0 saturated heterocycles. The highest BCUT2D eigenvalue weighted by molar-refractivity contribution is 7.80. The van der Waals surface area contributed by atoms with Crippen molar-refractivity contribution >= 4 is 35.9 Å². The molecule has 0 N–H and O–H groups in total. The number of esters is 1. The Labute approximate surface area is 248 Å². The number of benzene rings is 5. The van der Waals surface area contributed by atoms with E-state index in [1.165, 1.54) is 29.1 Å². The van der Waals surface area contributed by atoms with Gasteiger partial charge in [0.25, 0.3) is 0 Å². The summed E-state index contributed by atoms with van der Waals surface area (Å²) < 4.78 is 25.0. The molecule has 0 atom stereocenters. The second kappa shape index (κ2) is 13.9. The molecule has 42 heavy (non-hydrogen) atoms. The molecule has 0 saturated carbocycles. The maximum atomic E-state index is 14.5. The Bertz CT molecular complexity index is 1640. The van der Waals surface area contributed by atoms with Crippen LogP contribution in [-0.2, 0) is 16.0 Å². The number of carbonyl (C=O) groups excluding carboxylic acids is 1. The molecular weight excluding hydrogens is 542 g/mol. The number of hydrogen-bond acceptors (Lipinski definition) is 3. The molecule has 0 amide bonds. The van der Waals surface area contributed by atoms with Gasteiger partial charge in [0.2, 0.25) is 0 Å². The lowest BCUT2D eigenvalue weighted by atomic mass is 9.94. The summed E-state index contributed by atoms with van der Waals surface area (Å²) in [7, 11) is 0.575. The van der Waals surface area contributed by atoms with Crippen molar-refractivity contribution in [1.29, 1.82) is 0 Å². The molecule has 0 aromatic heterocycles. The zero-order valence-corrected chi connectivity index (χ0v) is 24.6. The second-order valence-electron chi connectivity index (χ2n) is 9.64. The van der Waals surface area contributed by atoms with E-state index in [4.69, 9.17) is 9.47 Å². The highest BCUT2D eigenvalue weighted by Crippen LogP contribution is 2.38. The maximum absolute atomic E-state index is 14.5. The van der Waals surface area contributed by atoms with Gasteiger partial charge in [-0.1, -0.05) is 115 Å². The van der Waals surface area contributed by atoms with Crippen LogP contribution in [-0.4, -0.2) is 19.7 Å². The van der Waals surface area contributed by atoms with Crippen LogP contribution in [0.5, 0.6) is 5.75 Å². The number of methoxy groups -OCH3 is 1. The number of carbonyl (C=O) groups is 1. The maximum Gasteiger partial charge on any atom is 0.334 e. The molecule has 0 aliphatic carbocycles. The van der Waals surface area contributed by atoms with E-state index in [-0.39, 0.29) is 12.4 Å². The fourth-order valence-electron chi connectivity index (χ4n) is 5.00. The van der Waals surface area contributed by atoms with Gasteiger partial charge in [-0.05, 0) is 71.2 Å². The minimum absolute atomic E-state index is 0.153. The molecule has 5 aromatic rings. The van der Waals surface area contributed by atoms with E-state index in [9.17, 15) is 9.18 Å². The van der Waals surface area contributed by atoms with E-state index in [0.717, 1.165) is 16.7 Å². The van der Waals surface area contributed by atoms with Gasteiger partial charge in [-0.15, -0.1) is 0 Å². The molecule has 0 aliphatic rings. The van der Waals surface area contributed by atoms with Crippen LogP contribution in [0.3, 0.4) is 0 Å². The van der Waals surface area contributed by atoms with Gasteiger partial charge in [0.15, 0.2) is 11.6 Å². The first-order valence-electron chi connectivity index (χ1n) is 13.9. The van der Waals surface area contributed by atoms with Gasteiger partial charge in [0.1, 0.15) is 0 Å². The van der Waals surface area contributed by atoms with Gasteiger partial charge < -0.3 is 9.47 Å². The fraction of sp³-hybridized carbons (Fsp3) is 0.108. The molecule has 210 valence electrons. The summed E-state index contributed by atoms with van der Waals surface area (Å²) in [5.41, 5.74) is 4.15.